The molecule has 1 fully saturated rings. The molecule has 3 unspecified atom stereocenters. The van der Waals surface area contributed by atoms with Crippen molar-refractivity contribution in [1.29, 1.82) is 0 Å². The van der Waals surface area contributed by atoms with E-state index in [1.54, 1.807) is 0 Å². The van der Waals surface area contributed by atoms with Gasteiger partial charge >= 0.3 is 0 Å². The van der Waals surface area contributed by atoms with E-state index in [-0.39, 0.29) is 6.04 Å². The molecule has 0 aliphatic carbocycles. The van der Waals surface area contributed by atoms with Crippen LogP contribution in [-0.2, 0) is 10.8 Å². The fourth-order valence-corrected chi connectivity index (χ4v) is 4.01. The van der Waals surface area contributed by atoms with Crippen LogP contribution in [0, 0.1) is 19.8 Å². The molecule has 0 bridgehead atoms. The number of hydrogen-bond acceptors (Lipinski definition) is 2. The van der Waals surface area contributed by atoms with Crippen LogP contribution in [0.5, 0.6) is 0 Å². The van der Waals surface area contributed by atoms with Gasteiger partial charge in [-0.15, -0.1) is 0 Å². The van der Waals surface area contributed by atoms with Crippen LogP contribution in [0.2, 0.25) is 0 Å². The molecule has 3 atom stereocenters. The summed E-state index contributed by atoms with van der Waals surface area (Å²) in [5.74, 6) is 2.08. The van der Waals surface area contributed by atoms with Gasteiger partial charge in [-0.05, 0) is 37.4 Å². The first-order chi connectivity index (χ1) is 8.06. The van der Waals surface area contributed by atoms with Crippen molar-refractivity contribution in [2.75, 3.05) is 18.1 Å². The molecule has 17 heavy (non-hydrogen) atoms. The average molecular weight is 251 g/mol. The standard InChI is InChI=1S/C14H21NOS/c1-10-4-5-13(12(3)6-10)14-9-17(16)8-11(2)7-15-14/h4-6,11,14-15H,7-9H2,1-3H3. The molecule has 1 aromatic rings. The molecule has 94 valence electrons. The highest BCUT2D eigenvalue weighted by molar-refractivity contribution is 7.85. The molecule has 1 aliphatic heterocycles. The van der Waals surface area contributed by atoms with Gasteiger partial charge < -0.3 is 5.32 Å². The highest BCUT2D eigenvalue weighted by Crippen LogP contribution is 2.22. The van der Waals surface area contributed by atoms with Crippen molar-refractivity contribution in [3.8, 4) is 0 Å². The number of nitrogens with one attached hydrogen (secondary N) is 1. The van der Waals surface area contributed by atoms with Gasteiger partial charge in [0, 0.05) is 28.3 Å². The smallest absolute Gasteiger partial charge is 0.0439 e. The third-order valence-electron chi connectivity index (χ3n) is 3.34. The Morgan fingerprint density at radius 2 is 2.06 bits per heavy atom. The summed E-state index contributed by atoms with van der Waals surface area (Å²) in [4.78, 5) is 0. The molecule has 1 N–H and O–H groups in total. The van der Waals surface area contributed by atoms with E-state index >= 15 is 0 Å². The van der Waals surface area contributed by atoms with E-state index in [9.17, 15) is 4.21 Å². The lowest BCUT2D eigenvalue weighted by molar-refractivity contribution is 0.516. The zero-order valence-electron chi connectivity index (χ0n) is 10.8. The topological polar surface area (TPSA) is 29.1 Å². The summed E-state index contributed by atoms with van der Waals surface area (Å²) in [6.45, 7) is 7.37. The minimum Gasteiger partial charge on any atom is -0.309 e. The number of benzene rings is 1. The molecule has 1 aromatic carbocycles. The maximum atomic E-state index is 11.9. The van der Waals surface area contributed by atoms with Crippen LogP contribution in [0.4, 0.5) is 0 Å². The normalized spacial score (nSPS) is 29.9. The van der Waals surface area contributed by atoms with E-state index in [2.05, 4.69) is 44.3 Å². The fourth-order valence-electron chi connectivity index (χ4n) is 2.45. The molecule has 3 heteroatoms. The van der Waals surface area contributed by atoms with E-state index in [0.717, 1.165) is 18.1 Å². The summed E-state index contributed by atoms with van der Waals surface area (Å²) in [6, 6.07) is 6.77. The Morgan fingerprint density at radius 3 is 2.76 bits per heavy atom. The lowest BCUT2D eigenvalue weighted by atomic mass is 10.00. The maximum Gasteiger partial charge on any atom is 0.0439 e. The van der Waals surface area contributed by atoms with Crippen molar-refractivity contribution < 1.29 is 4.21 Å². The van der Waals surface area contributed by atoms with Gasteiger partial charge in [-0.2, -0.15) is 0 Å². The summed E-state index contributed by atoms with van der Waals surface area (Å²) in [5.41, 5.74) is 3.89. The second-order valence-corrected chi connectivity index (χ2v) is 6.75. The van der Waals surface area contributed by atoms with Gasteiger partial charge in [0.2, 0.25) is 0 Å². The largest absolute Gasteiger partial charge is 0.309 e. The highest BCUT2D eigenvalue weighted by atomic mass is 32.2. The molecule has 2 rings (SSSR count). The summed E-state index contributed by atoms with van der Waals surface area (Å²) >= 11 is 0. The monoisotopic (exact) mass is 251 g/mol. The van der Waals surface area contributed by atoms with Gasteiger partial charge in [-0.1, -0.05) is 30.7 Å². The molecule has 0 spiro atoms. The van der Waals surface area contributed by atoms with Crippen molar-refractivity contribution in [3.05, 3.63) is 34.9 Å². The first kappa shape index (κ1) is 12.8. The third-order valence-corrected chi connectivity index (χ3v) is 4.98. The Hall–Kier alpha value is -0.670. The van der Waals surface area contributed by atoms with Crippen molar-refractivity contribution in [2.45, 2.75) is 26.8 Å². The first-order valence-corrected chi connectivity index (χ1v) is 7.70. The van der Waals surface area contributed by atoms with E-state index in [0.29, 0.717) is 5.92 Å². The summed E-state index contributed by atoms with van der Waals surface area (Å²) < 4.78 is 11.9. The number of hydrogen-bond donors (Lipinski definition) is 1. The van der Waals surface area contributed by atoms with Crippen molar-refractivity contribution >= 4 is 10.8 Å². The Bertz CT molecular complexity index is 430. The third kappa shape index (κ3) is 3.17. The molecule has 1 saturated heterocycles. The molecule has 0 radical (unpaired) electrons. The Kier molecular flexibility index (Phi) is 4.00. The van der Waals surface area contributed by atoms with Crippen molar-refractivity contribution in [2.24, 2.45) is 5.92 Å². The van der Waals surface area contributed by atoms with Crippen LogP contribution >= 0.6 is 0 Å². The lowest BCUT2D eigenvalue weighted by Gasteiger charge is -2.18. The quantitative estimate of drug-likeness (QED) is 0.830. The maximum absolute atomic E-state index is 11.9. The molecule has 1 aliphatic rings. The van der Waals surface area contributed by atoms with Crippen molar-refractivity contribution in [1.82, 2.24) is 5.32 Å². The molecule has 0 aromatic heterocycles. The Morgan fingerprint density at radius 1 is 1.29 bits per heavy atom. The predicted octanol–water partition coefficient (Wildman–Crippen LogP) is 2.33. The minimum atomic E-state index is -0.694. The molecule has 0 saturated carbocycles. The van der Waals surface area contributed by atoms with E-state index < -0.39 is 10.8 Å². The second kappa shape index (κ2) is 5.32. The Labute approximate surface area is 106 Å². The van der Waals surface area contributed by atoms with Crippen LogP contribution in [0.25, 0.3) is 0 Å². The van der Waals surface area contributed by atoms with Crippen LogP contribution < -0.4 is 5.32 Å². The first-order valence-electron chi connectivity index (χ1n) is 6.22. The predicted molar refractivity (Wildman–Crippen MR) is 73.7 cm³/mol. The summed E-state index contributed by atoms with van der Waals surface area (Å²) in [7, 11) is -0.694. The van der Waals surface area contributed by atoms with Gasteiger partial charge in [0.15, 0.2) is 0 Å². The molecular formula is C14H21NOS. The average Bonchev–Trinajstić information content (AvgIpc) is 2.39. The van der Waals surface area contributed by atoms with Crippen LogP contribution in [0.15, 0.2) is 18.2 Å². The Balaban J connectivity index is 2.23. The van der Waals surface area contributed by atoms with E-state index in [1.165, 1.54) is 16.7 Å². The van der Waals surface area contributed by atoms with Gasteiger partial charge in [0.25, 0.3) is 0 Å². The second-order valence-electron chi connectivity index (χ2n) is 5.20. The lowest BCUT2D eigenvalue weighted by Crippen LogP contribution is -2.26. The van der Waals surface area contributed by atoms with Gasteiger partial charge in [-0.25, -0.2) is 0 Å². The highest BCUT2D eigenvalue weighted by Gasteiger charge is 2.22. The zero-order valence-corrected chi connectivity index (χ0v) is 11.6. The van der Waals surface area contributed by atoms with Crippen LogP contribution in [0.1, 0.15) is 29.7 Å². The van der Waals surface area contributed by atoms with E-state index in [1.807, 2.05) is 0 Å². The summed E-state index contributed by atoms with van der Waals surface area (Å²) in [5, 5.41) is 3.55. The van der Waals surface area contributed by atoms with Gasteiger partial charge in [-0.3, -0.25) is 4.21 Å². The minimum absolute atomic E-state index is 0.251. The van der Waals surface area contributed by atoms with Crippen LogP contribution in [-0.4, -0.2) is 22.3 Å². The van der Waals surface area contributed by atoms with Crippen LogP contribution in [0.3, 0.4) is 0 Å². The zero-order chi connectivity index (χ0) is 12.4. The van der Waals surface area contributed by atoms with Gasteiger partial charge in [0.1, 0.15) is 0 Å². The van der Waals surface area contributed by atoms with Gasteiger partial charge in [0.05, 0.1) is 0 Å². The molecular weight excluding hydrogens is 230 g/mol. The SMILES string of the molecule is Cc1ccc(C2CS(=O)CC(C)CN2)c(C)c1. The number of aryl methyl sites for hydroxylation is 2. The van der Waals surface area contributed by atoms with E-state index in [4.69, 9.17) is 0 Å². The summed E-state index contributed by atoms with van der Waals surface area (Å²) in [6.07, 6.45) is 0. The molecule has 0 amide bonds. The molecule has 2 nitrogen and oxygen atoms in total. The molecule has 1 heterocycles. The fraction of sp³-hybridized carbons (Fsp3) is 0.571. The number of rotatable bonds is 1. The van der Waals surface area contributed by atoms with Crippen molar-refractivity contribution in [3.63, 3.8) is 0 Å².